The van der Waals surface area contributed by atoms with Crippen molar-refractivity contribution in [3.05, 3.63) is 11.6 Å². The summed E-state index contributed by atoms with van der Waals surface area (Å²) in [6, 6.07) is 0. The van der Waals surface area contributed by atoms with Gasteiger partial charge in [0.25, 0.3) is 0 Å². The van der Waals surface area contributed by atoms with Crippen LogP contribution in [0.4, 0.5) is 0 Å². The highest BCUT2D eigenvalue weighted by Crippen LogP contribution is 2.41. The predicted octanol–water partition coefficient (Wildman–Crippen LogP) is 1.70. The lowest BCUT2D eigenvalue weighted by atomic mass is 9.82. The third-order valence-electron chi connectivity index (χ3n) is 3.06. The molecule has 1 unspecified atom stereocenters. The van der Waals surface area contributed by atoms with E-state index < -0.39 is 0 Å². The summed E-state index contributed by atoms with van der Waals surface area (Å²) >= 11 is 0. The van der Waals surface area contributed by atoms with Gasteiger partial charge >= 0.3 is 0 Å². The van der Waals surface area contributed by atoms with Gasteiger partial charge in [0.1, 0.15) is 6.29 Å². The Morgan fingerprint density at radius 3 is 2.92 bits per heavy atom. The Morgan fingerprint density at radius 2 is 2.50 bits per heavy atom. The van der Waals surface area contributed by atoms with E-state index >= 15 is 0 Å². The van der Waals surface area contributed by atoms with E-state index in [4.69, 9.17) is 4.74 Å². The quantitative estimate of drug-likeness (QED) is 0.461. The average molecular weight is 166 g/mol. The van der Waals surface area contributed by atoms with Crippen molar-refractivity contribution < 1.29 is 9.53 Å². The van der Waals surface area contributed by atoms with Crippen LogP contribution in [0.1, 0.15) is 26.2 Å². The largest absolute Gasteiger partial charge is 0.370 e. The Hall–Kier alpha value is -0.630. The number of epoxide rings is 1. The smallest absolute Gasteiger partial charge is 0.145 e. The van der Waals surface area contributed by atoms with Crippen molar-refractivity contribution in [2.24, 2.45) is 5.92 Å². The Bertz CT molecular complexity index is 226. The Labute approximate surface area is 72.6 Å². The maximum absolute atomic E-state index is 10.4. The first kappa shape index (κ1) is 7.99. The summed E-state index contributed by atoms with van der Waals surface area (Å²) in [6.45, 7) is 3.07. The van der Waals surface area contributed by atoms with Crippen LogP contribution in [-0.2, 0) is 9.53 Å². The molecule has 2 rings (SSSR count). The van der Waals surface area contributed by atoms with E-state index in [0.29, 0.717) is 5.92 Å². The van der Waals surface area contributed by atoms with Crippen molar-refractivity contribution in [3.8, 4) is 0 Å². The molecule has 0 aromatic carbocycles. The third-order valence-corrected chi connectivity index (χ3v) is 3.06. The molecule has 1 fully saturated rings. The second kappa shape index (κ2) is 2.70. The number of hydrogen-bond donors (Lipinski definition) is 0. The molecule has 2 atom stereocenters. The van der Waals surface area contributed by atoms with Crippen molar-refractivity contribution in [1.82, 2.24) is 0 Å². The van der Waals surface area contributed by atoms with Crippen molar-refractivity contribution in [2.75, 3.05) is 6.61 Å². The standard InChI is InChI=1S/C10H14O2/c1-10(7-12-10)9-4-2-8(6-11)3-5-9/h2,6,9H,3-5,7H2,1H3/t9-,10?/m1/s1. The van der Waals surface area contributed by atoms with Crippen LogP contribution in [0.15, 0.2) is 11.6 Å². The van der Waals surface area contributed by atoms with Gasteiger partial charge in [-0.15, -0.1) is 0 Å². The molecule has 0 saturated carbocycles. The Kier molecular flexibility index (Phi) is 1.80. The predicted molar refractivity (Wildman–Crippen MR) is 45.8 cm³/mol. The highest BCUT2D eigenvalue weighted by Gasteiger charge is 2.46. The average Bonchev–Trinajstić information content (AvgIpc) is 2.85. The number of ether oxygens (including phenoxy) is 1. The molecule has 0 bridgehead atoms. The highest BCUT2D eigenvalue weighted by atomic mass is 16.6. The summed E-state index contributed by atoms with van der Waals surface area (Å²) in [6.07, 6.45) is 6.11. The van der Waals surface area contributed by atoms with Crippen LogP contribution in [0.3, 0.4) is 0 Å². The molecule has 0 aromatic rings. The maximum atomic E-state index is 10.4. The molecule has 2 heteroatoms. The molecule has 0 spiro atoms. The molecule has 1 aliphatic carbocycles. The van der Waals surface area contributed by atoms with E-state index in [1.807, 2.05) is 0 Å². The van der Waals surface area contributed by atoms with Crippen molar-refractivity contribution in [1.29, 1.82) is 0 Å². The van der Waals surface area contributed by atoms with Crippen LogP contribution in [0.5, 0.6) is 0 Å². The molecular formula is C10H14O2. The van der Waals surface area contributed by atoms with Gasteiger partial charge in [0, 0.05) is 0 Å². The molecular weight excluding hydrogens is 152 g/mol. The summed E-state index contributed by atoms with van der Waals surface area (Å²) in [5.74, 6) is 0.640. The van der Waals surface area contributed by atoms with Crippen molar-refractivity contribution in [2.45, 2.75) is 31.8 Å². The molecule has 0 aromatic heterocycles. The van der Waals surface area contributed by atoms with Crippen molar-refractivity contribution in [3.63, 3.8) is 0 Å². The van der Waals surface area contributed by atoms with Gasteiger partial charge in [0.15, 0.2) is 0 Å². The zero-order valence-electron chi connectivity index (χ0n) is 7.38. The molecule has 0 radical (unpaired) electrons. The van der Waals surface area contributed by atoms with E-state index in [1.54, 1.807) is 0 Å². The lowest BCUT2D eigenvalue weighted by Gasteiger charge is -2.23. The van der Waals surface area contributed by atoms with Gasteiger partial charge in [-0.05, 0) is 37.7 Å². The fraction of sp³-hybridized carbons (Fsp3) is 0.700. The first-order valence-electron chi connectivity index (χ1n) is 4.53. The molecule has 1 aliphatic heterocycles. The van der Waals surface area contributed by atoms with Gasteiger partial charge < -0.3 is 4.74 Å². The minimum Gasteiger partial charge on any atom is -0.370 e. The SMILES string of the molecule is CC1([C@@H]2CC=C(C=O)CC2)CO1. The van der Waals surface area contributed by atoms with Gasteiger partial charge in [0.05, 0.1) is 12.2 Å². The maximum Gasteiger partial charge on any atom is 0.145 e. The number of rotatable bonds is 2. The number of allylic oxidation sites excluding steroid dienone is 2. The van der Waals surface area contributed by atoms with Crippen LogP contribution in [0.2, 0.25) is 0 Å². The van der Waals surface area contributed by atoms with Crippen LogP contribution in [0, 0.1) is 5.92 Å². The van der Waals surface area contributed by atoms with Crippen LogP contribution >= 0.6 is 0 Å². The number of hydrogen-bond acceptors (Lipinski definition) is 2. The lowest BCUT2D eigenvalue weighted by Crippen LogP contribution is -2.22. The van der Waals surface area contributed by atoms with Crippen molar-refractivity contribution >= 4 is 6.29 Å². The van der Waals surface area contributed by atoms with E-state index in [0.717, 1.165) is 37.7 Å². The van der Waals surface area contributed by atoms with E-state index in [-0.39, 0.29) is 5.60 Å². The van der Waals surface area contributed by atoms with Gasteiger partial charge in [-0.1, -0.05) is 6.08 Å². The van der Waals surface area contributed by atoms with Crippen LogP contribution in [0.25, 0.3) is 0 Å². The molecule has 2 aliphatic rings. The van der Waals surface area contributed by atoms with Crippen LogP contribution < -0.4 is 0 Å². The fourth-order valence-electron chi connectivity index (χ4n) is 1.87. The summed E-state index contributed by atoms with van der Waals surface area (Å²) in [7, 11) is 0. The molecule has 1 saturated heterocycles. The molecule has 0 N–H and O–H groups in total. The first-order valence-corrected chi connectivity index (χ1v) is 4.53. The Balaban J connectivity index is 1.98. The second-order valence-corrected chi connectivity index (χ2v) is 3.97. The first-order chi connectivity index (χ1) is 5.74. The highest BCUT2D eigenvalue weighted by molar-refractivity contribution is 5.73. The molecule has 2 nitrogen and oxygen atoms in total. The number of carbonyl (C=O) groups excluding carboxylic acids is 1. The van der Waals surface area contributed by atoms with Gasteiger partial charge in [-0.2, -0.15) is 0 Å². The van der Waals surface area contributed by atoms with E-state index in [9.17, 15) is 4.79 Å². The van der Waals surface area contributed by atoms with Gasteiger partial charge in [-0.3, -0.25) is 4.79 Å². The van der Waals surface area contributed by atoms with Gasteiger partial charge in [0.2, 0.25) is 0 Å². The Morgan fingerprint density at radius 1 is 1.75 bits per heavy atom. The lowest BCUT2D eigenvalue weighted by molar-refractivity contribution is -0.105. The normalized spacial score (nSPS) is 40.4. The summed E-state index contributed by atoms with van der Waals surface area (Å²) in [4.78, 5) is 10.4. The molecule has 1 heterocycles. The van der Waals surface area contributed by atoms with Crippen LogP contribution in [-0.4, -0.2) is 18.5 Å². The molecule has 0 amide bonds. The fourth-order valence-corrected chi connectivity index (χ4v) is 1.87. The summed E-state index contributed by atoms with van der Waals surface area (Å²) < 4.78 is 5.39. The zero-order chi connectivity index (χ0) is 8.60. The molecule has 66 valence electrons. The summed E-state index contributed by atoms with van der Waals surface area (Å²) in [5, 5.41) is 0. The van der Waals surface area contributed by atoms with E-state index in [1.165, 1.54) is 0 Å². The molecule has 12 heavy (non-hydrogen) atoms. The summed E-state index contributed by atoms with van der Waals surface area (Å²) in [5.41, 5.74) is 1.11. The number of carbonyl (C=O) groups is 1. The topological polar surface area (TPSA) is 29.6 Å². The van der Waals surface area contributed by atoms with Gasteiger partial charge in [-0.25, -0.2) is 0 Å². The monoisotopic (exact) mass is 166 g/mol. The zero-order valence-corrected chi connectivity index (χ0v) is 7.38. The minimum absolute atomic E-state index is 0.144. The second-order valence-electron chi connectivity index (χ2n) is 3.97. The number of aldehydes is 1. The third kappa shape index (κ3) is 1.31. The minimum atomic E-state index is 0.144. The van der Waals surface area contributed by atoms with E-state index in [2.05, 4.69) is 13.0 Å².